The number of fused-ring (bicyclic) bond motifs is 1. The van der Waals surface area contributed by atoms with Crippen molar-refractivity contribution < 1.29 is 4.79 Å². The van der Waals surface area contributed by atoms with Gasteiger partial charge in [-0.15, -0.1) is 0 Å². The highest BCUT2D eigenvalue weighted by Crippen LogP contribution is 2.27. The highest BCUT2D eigenvalue weighted by Gasteiger charge is 2.27. The lowest BCUT2D eigenvalue weighted by Crippen LogP contribution is -2.29. The van der Waals surface area contributed by atoms with E-state index in [-0.39, 0.29) is 5.91 Å². The lowest BCUT2D eigenvalue weighted by molar-refractivity contribution is -0.116. The smallest absolute Gasteiger partial charge is 0.225 e. The van der Waals surface area contributed by atoms with Crippen molar-refractivity contribution in [3.8, 4) is 0 Å². The molecule has 2 aromatic carbocycles. The number of nitrogens with one attached hydrogen (secondary N) is 1. The van der Waals surface area contributed by atoms with Crippen LogP contribution in [0.3, 0.4) is 0 Å². The first-order valence-electron chi connectivity index (χ1n) is 7.79. The molecule has 3 heteroatoms. The molecule has 1 aliphatic carbocycles. The molecule has 1 aliphatic rings. The van der Waals surface area contributed by atoms with Crippen molar-refractivity contribution in [3.63, 3.8) is 0 Å². The van der Waals surface area contributed by atoms with Crippen LogP contribution in [-0.4, -0.2) is 29.9 Å². The van der Waals surface area contributed by atoms with Crippen LogP contribution in [-0.2, 0) is 4.79 Å². The monoisotopic (exact) mass is 282 g/mol. The van der Waals surface area contributed by atoms with E-state index in [0.717, 1.165) is 35.6 Å². The standard InChI is InChI=1S/C18H22N2O/c1-2-20(15-10-11-15)13-12-18(21)19-17-9-5-7-14-6-3-4-8-16(14)17/h3-9,15H,2,10-13H2,1H3,(H,19,21). The summed E-state index contributed by atoms with van der Waals surface area (Å²) in [5, 5.41) is 5.31. The molecule has 1 saturated carbocycles. The third-order valence-electron chi connectivity index (χ3n) is 4.16. The quantitative estimate of drug-likeness (QED) is 0.877. The van der Waals surface area contributed by atoms with Gasteiger partial charge in [-0.05, 0) is 30.8 Å². The van der Waals surface area contributed by atoms with Crippen LogP contribution in [0.25, 0.3) is 10.8 Å². The molecule has 0 radical (unpaired) electrons. The molecule has 0 atom stereocenters. The zero-order chi connectivity index (χ0) is 14.7. The largest absolute Gasteiger partial charge is 0.325 e. The van der Waals surface area contributed by atoms with Crippen LogP contribution in [0, 0.1) is 0 Å². The number of amides is 1. The maximum Gasteiger partial charge on any atom is 0.225 e. The minimum atomic E-state index is 0.102. The van der Waals surface area contributed by atoms with Crippen molar-refractivity contribution in [2.75, 3.05) is 18.4 Å². The molecule has 0 aliphatic heterocycles. The Labute approximate surface area is 125 Å². The van der Waals surface area contributed by atoms with Crippen LogP contribution < -0.4 is 5.32 Å². The number of hydrogen-bond acceptors (Lipinski definition) is 2. The van der Waals surface area contributed by atoms with E-state index in [9.17, 15) is 4.79 Å². The number of hydrogen-bond donors (Lipinski definition) is 1. The molecule has 3 nitrogen and oxygen atoms in total. The predicted octanol–water partition coefficient (Wildman–Crippen LogP) is 3.65. The van der Waals surface area contributed by atoms with Crippen LogP contribution in [0.5, 0.6) is 0 Å². The number of carbonyl (C=O) groups excluding carboxylic acids is 1. The molecule has 2 aromatic rings. The normalized spacial score (nSPS) is 14.6. The third-order valence-corrected chi connectivity index (χ3v) is 4.16. The topological polar surface area (TPSA) is 32.3 Å². The van der Waals surface area contributed by atoms with Gasteiger partial charge in [0.05, 0.1) is 0 Å². The summed E-state index contributed by atoms with van der Waals surface area (Å²) in [6, 6.07) is 14.9. The summed E-state index contributed by atoms with van der Waals surface area (Å²) in [4.78, 5) is 14.6. The van der Waals surface area contributed by atoms with Gasteiger partial charge in [0.25, 0.3) is 0 Å². The minimum absolute atomic E-state index is 0.102. The summed E-state index contributed by atoms with van der Waals surface area (Å²) in [6.45, 7) is 4.06. The van der Waals surface area contributed by atoms with Gasteiger partial charge in [0.15, 0.2) is 0 Å². The van der Waals surface area contributed by atoms with Gasteiger partial charge in [-0.2, -0.15) is 0 Å². The fourth-order valence-corrected chi connectivity index (χ4v) is 2.83. The van der Waals surface area contributed by atoms with E-state index in [2.05, 4.69) is 29.3 Å². The molecule has 0 saturated heterocycles. The molecule has 0 unspecified atom stereocenters. The lowest BCUT2D eigenvalue weighted by atomic mass is 10.1. The second kappa shape index (κ2) is 6.27. The van der Waals surface area contributed by atoms with Crippen LogP contribution in [0.4, 0.5) is 5.69 Å². The first-order valence-corrected chi connectivity index (χ1v) is 7.79. The first-order chi connectivity index (χ1) is 10.3. The Hall–Kier alpha value is -1.87. The number of anilines is 1. The molecule has 0 spiro atoms. The zero-order valence-electron chi connectivity index (χ0n) is 12.5. The predicted molar refractivity (Wildman–Crippen MR) is 87.5 cm³/mol. The molecule has 0 heterocycles. The van der Waals surface area contributed by atoms with Crippen molar-refractivity contribution in [1.29, 1.82) is 0 Å². The van der Waals surface area contributed by atoms with Gasteiger partial charge >= 0.3 is 0 Å². The zero-order valence-corrected chi connectivity index (χ0v) is 12.5. The first kappa shape index (κ1) is 14.1. The molecule has 110 valence electrons. The van der Waals surface area contributed by atoms with Crippen molar-refractivity contribution in [1.82, 2.24) is 4.90 Å². The molecule has 1 N–H and O–H groups in total. The van der Waals surface area contributed by atoms with E-state index in [1.807, 2.05) is 30.3 Å². The molecule has 1 amide bonds. The van der Waals surface area contributed by atoms with Gasteiger partial charge in [-0.1, -0.05) is 43.3 Å². The Bertz CT molecular complexity index is 629. The van der Waals surface area contributed by atoms with Gasteiger partial charge in [-0.25, -0.2) is 0 Å². The average Bonchev–Trinajstić information content (AvgIpc) is 3.33. The maximum atomic E-state index is 12.2. The summed E-state index contributed by atoms with van der Waals surface area (Å²) in [5.41, 5.74) is 0.910. The Morgan fingerprint density at radius 3 is 2.71 bits per heavy atom. The molecule has 21 heavy (non-hydrogen) atoms. The van der Waals surface area contributed by atoms with Crippen LogP contribution >= 0.6 is 0 Å². The van der Waals surface area contributed by atoms with Crippen molar-refractivity contribution in [3.05, 3.63) is 42.5 Å². The van der Waals surface area contributed by atoms with E-state index in [4.69, 9.17) is 0 Å². The SMILES string of the molecule is CCN(CCC(=O)Nc1cccc2ccccc12)C1CC1. The Balaban J connectivity index is 1.63. The minimum Gasteiger partial charge on any atom is -0.325 e. The number of benzene rings is 2. The van der Waals surface area contributed by atoms with E-state index in [1.54, 1.807) is 0 Å². The number of rotatable bonds is 6. The molecule has 3 rings (SSSR count). The molecule has 1 fully saturated rings. The average molecular weight is 282 g/mol. The third kappa shape index (κ3) is 3.42. The number of nitrogens with zero attached hydrogens (tertiary/aromatic N) is 1. The summed E-state index contributed by atoms with van der Waals surface area (Å²) >= 11 is 0. The van der Waals surface area contributed by atoms with Crippen molar-refractivity contribution in [2.24, 2.45) is 0 Å². The second-order valence-electron chi connectivity index (χ2n) is 5.68. The maximum absolute atomic E-state index is 12.2. The van der Waals surface area contributed by atoms with Gasteiger partial charge in [0.1, 0.15) is 0 Å². The van der Waals surface area contributed by atoms with Gasteiger partial charge in [-0.3, -0.25) is 4.79 Å². The summed E-state index contributed by atoms with van der Waals surface area (Å²) in [7, 11) is 0. The highest BCUT2D eigenvalue weighted by molar-refractivity contribution is 6.02. The van der Waals surface area contributed by atoms with E-state index >= 15 is 0 Å². The fourth-order valence-electron chi connectivity index (χ4n) is 2.83. The van der Waals surface area contributed by atoms with Crippen LogP contribution in [0.15, 0.2) is 42.5 Å². The van der Waals surface area contributed by atoms with Crippen molar-refractivity contribution in [2.45, 2.75) is 32.2 Å². The molecular weight excluding hydrogens is 260 g/mol. The second-order valence-corrected chi connectivity index (χ2v) is 5.68. The lowest BCUT2D eigenvalue weighted by Gasteiger charge is -2.19. The summed E-state index contributed by atoms with van der Waals surface area (Å²) in [6.07, 6.45) is 3.14. The summed E-state index contributed by atoms with van der Waals surface area (Å²) in [5.74, 6) is 0.102. The van der Waals surface area contributed by atoms with E-state index < -0.39 is 0 Å². The molecular formula is C18H22N2O. The molecule has 0 bridgehead atoms. The van der Waals surface area contributed by atoms with Gasteiger partial charge in [0, 0.05) is 30.1 Å². The van der Waals surface area contributed by atoms with Gasteiger partial charge < -0.3 is 10.2 Å². The Kier molecular flexibility index (Phi) is 4.20. The Morgan fingerprint density at radius 1 is 1.19 bits per heavy atom. The van der Waals surface area contributed by atoms with E-state index in [0.29, 0.717) is 6.42 Å². The van der Waals surface area contributed by atoms with Crippen LogP contribution in [0.2, 0.25) is 0 Å². The van der Waals surface area contributed by atoms with Gasteiger partial charge in [0.2, 0.25) is 5.91 Å². The van der Waals surface area contributed by atoms with E-state index in [1.165, 1.54) is 12.8 Å². The van der Waals surface area contributed by atoms with Crippen molar-refractivity contribution >= 4 is 22.4 Å². The van der Waals surface area contributed by atoms with Crippen LogP contribution in [0.1, 0.15) is 26.2 Å². The highest BCUT2D eigenvalue weighted by atomic mass is 16.1. The molecule has 0 aromatic heterocycles. The fraction of sp³-hybridized carbons (Fsp3) is 0.389. The Morgan fingerprint density at radius 2 is 1.95 bits per heavy atom. The number of carbonyl (C=O) groups is 1. The summed E-state index contributed by atoms with van der Waals surface area (Å²) < 4.78 is 0.